The second-order valence-corrected chi connectivity index (χ2v) is 4.45. The first-order chi connectivity index (χ1) is 8.70. The molecule has 0 aliphatic carbocycles. The van der Waals surface area contributed by atoms with Gasteiger partial charge in [-0.2, -0.15) is 0 Å². The summed E-state index contributed by atoms with van der Waals surface area (Å²) >= 11 is 6.32. The van der Waals surface area contributed by atoms with E-state index in [9.17, 15) is 4.39 Å². The molecule has 18 heavy (non-hydrogen) atoms. The Morgan fingerprint density at radius 3 is 2.67 bits per heavy atom. The Hall–Kier alpha value is -1.61. The van der Waals surface area contributed by atoms with Crippen molar-refractivity contribution in [2.45, 2.75) is 11.8 Å². The molecule has 0 amide bonds. The highest BCUT2D eigenvalue weighted by Gasteiger charge is 2.12. The Bertz CT molecular complexity index is 518. The molecule has 0 bridgehead atoms. The van der Waals surface area contributed by atoms with Crippen LogP contribution in [0.15, 0.2) is 42.7 Å². The Morgan fingerprint density at radius 1 is 1.28 bits per heavy atom. The molecule has 2 aromatic rings. The molecule has 0 fully saturated rings. The maximum Gasteiger partial charge on any atom is 0.165 e. The van der Waals surface area contributed by atoms with Crippen LogP contribution in [0.2, 0.25) is 0 Å². The van der Waals surface area contributed by atoms with Gasteiger partial charge in [0.1, 0.15) is 0 Å². The minimum atomic E-state index is -0.381. The number of ether oxygens (including phenoxy) is 1. The Labute approximate surface area is 110 Å². The molecule has 2 rings (SSSR count). The topological polar surface area (TPSA) is 22.1 Å². The van der Waals surface area contributed by atoms with Gasteiger partial charge in [0.15, 0.2) is 11.6 Å². The lowest BCUT2D eigenvalue weighted by Crippen LogP contribution is -1.98. The number of hydrogen-bond acceptors (Lipinski definition) is 2. The highest BCUT2D eigenvalue weighted by atomic mass is 35.5. The van der Waals surface area contributed by atoms with Gasteiger partial charge in [0.2, 0.25) is 0 Å². The van der Waals surface area contributed by atoms with Crippen molar-refractivity contribution < 1.29 is 9.13 Å². The minimum absolute atomic E-state index is 0.216. The number of halogens is 2. The second-order valence-electron chi connectivity index (χ2n) is 3.92. The predicted octanol–water partition coefficient (Wildman–Crippen LogP) is 3.75. The molecule has 1 heterocycles. The van der Waals surface area contributed by atoms with E-state index in [1.165, 1.54) is 13.2 Å². The molecule has 1 unspecified atom stereocenters. The summed E-state index contributed by atoms with van der Waals surface area (Å²) in [6.45, 7) is 0. The van der Waals surface area contributed by atoms with Gasteiger partial charge < -0.3 is 4.74 Å². The van der Waals surface area contributed by atoms with E-state index in [1.807, 2.05) is 12.1 Å². The maximum atomic E-state index is 13.3. The molecule has 0 saturated heterocycles. The standard InChI is InChI=1S/C14H13ClFNO/c1-18-14-9-11(2-3-13(14)16)12(15)8-10-4-6-17-7-5-10/h2-7,9,12H,8H2,1H3. The fourth-order valence-corrected chi connectivity index (χ4v) is 2.03. The zero-order valence-corrected chi connectivity index (χ0v) is 10.7. The maximum absolute atomic E-state index is 13.3. The molecule has 4 heteroatoms. The number of nitrogens with zero attached hydrogens (tertiary/aromatic N) is 1. The van der Waals surface area contributed by atoms with Gasteiger partial charge in [-0.05, 0) is 41.8 Å². The minimum Gasteiger partial charge on any atom is -0.494 e. The summed E-state index contributed by atoms with van der Waals surface area (Å²) in [6.07, 6.45) is 4.12. The van der Waals surface area contributed by atoms with E-state index in [1.54, 1.807) is 24.5 Å². The van der Waals surface area contributed by atoms with Crippen LogP contribution in [0, 0.1) is 5.82 Å². The molecular formula is C14H13ClFNO. The van der Waals surface area contributed by atoms with Crippen molar-refractivity contribution in [1.82, 2.24) is 4.98 Å². The molecular weight excluding hydrogens is 253 g/mol. The molecule has 1 aromatic carbocycles. The Balaban J connectivity index is 2.16. The summed E-state index contributed by atoms with van der Waals surface area (Å²) < 4.78 is 18.2. The van der Waals surface area contributed by atoms with Crippen LogP contribution in [0.5, 0.6) is 5.75 Å². The van der Waals surface area contributed by atoms with Crippen molar-refractivity contribution in [2.24, 2.45) is 0 Å². The smallest absolute Gasteiger partial charge is 0.165 e. The summed E-state index contributed by atoms with van der Waals surface area (Å²) in [6, 6.07) is 8.51. The van der Waals surface area contributed by atoms with Gasteiger partial charge in [-0.3, -0.25) is 4.98 Å². The number of benzene rings is 1. The fraction of sp³-hybridized carbons (Fsp3) is 0.214. The largest absolute Gasteiger partial charge is 0.494 e. The zero-order valence-electron chi connectivity index (χ0n) is 9.94. The van der Waals surface area contributed by atoms with E-state index in [0.717, 1.165) is 11.1 Å². The molecule has 0 aliphatic rings. The number of methoxy groups -OCH3 is 1. The van der Waals surface area contributed by atoms with Gasteiger partial charge in [-0.25, -0.2) is 4.39 Å². The molecule has 0 saturated carbocycles. The highest BCUT2D eigenvalue weighted by molar-refractivity contribution is 6.20. The van der Waals surface area contributed by atoms with E-state index in [2.05, 4.69) is 4.98 Å². The number of hydrogen-bond donors (Lipinski definition) is 0. The highest BCUT2D eigenvalue weighted by Crippen LogP contribution is 2.29. The van der Waals surface area contributed by atoms with Crippen molar-refractivity contribution in [2.75, 3.05) is 7.11 Å². The van der Waals surface area contributed by atoms with Crippen LogP contribution in [-0.4, -0.2) is 12.1 Å². The van der Waals surface area contributed by atoms with Gasteiger partial charge in [0.25, 0.3) is 0 Å². The third-order valence-electron chi connectivity index (χ3n) is 2.70. The number of pyridine rings is 1. The van der Waals surface area contributed by atoms with E-state index in [4.69, 9.17) is 16.3 Å². The first kappa shape index (κ1) is 12.8. The molecule has 0 spiro atoms. The van der Waals surface area contributed by atoms with Crippen molar-refractivity contribution >= 4 is 11.6 Å². The molecule has 0 aliphatic heterocycles. The molecule has 1 aromatic heterocycles. The lowest BCUT2D eigenvalue weighted by atomic mass is 10.0. The van der Waals surface area contributed by atoms with E-state index >= 15 is 0 Å². The van der Waals surface area contributed by atoms with Crippen molar-refractivity contribution in [1.29, 1.82) is 0 Å². The summed E-state index contributed by atoms with van der Waals surface area (Å²) in [5.74, 6) is -0.165. The predicted molar refractivity (Wildman–Crippen MR) is 69.5 cm³/mol. The zero-order chi connectivity index (χ0) is 13.0. The van der Waals surface area contributed by atoms with Gasteiger partial charge in [-0.1, -0.05) is 6.07 Å². The second kappa shape index (κ2) is 5.83. The van der Waals surface area contributed by atoms with Gasteiger partial charge in [-0.15, -0.1) is 11.6 Å². The van der Waals surface area contributed by atoms with Gasteiger partial charge in [0.05, 0.1) is 12.5 Å². The van der Waals surface area contributed by atoms with Gasteiger partial charge >= 0.3 is 0 Å². The van der Waals surface area contributed by atoms with Crippen LogP contribution >= 0.6 is 11.6 Å². The average molecular weight is 266 g/mol. The van der Waals surface area contributed by atoms with Crippen molar-refractivity contribution in [3.05, 3.63) is 59.7 Å². The Kier molecular flexibility index (Phi) is 4.15. The van der Waals surface area contributed by atoms with Crippen LogP contribution < -0.4 is 4.74 Å². The van der Waals surface area contributed by atoms with Crippen LogP contribution in [0.4, 0.5) is 4.39 Å². The number of alkyl halides is 1. The SMILES string of the molecule is COc1cc(C(Cl)Cc2ccncc2)ccc1F. The molecule has 2 nitrogen and oxygen atoms in total. The third kappa shape index (κ3) is 2.99. The van der Waals surface area contributed by atoms with E-state index in [-0.39, 0.29) is 16.9 Å². The fourth-order valence-electron chi connectivity index (χ4n) is 1.71. The van der Waals surface area contributed by atoms with Crippen LogP contribution in [0.25, 0.3) is 0 Å². The van der Waals surface area contributed by atoms with E-state index in [0.29, 0.717) is 6.42 Å². The number of rotatable bonds is 4. The summed E-state index contributed by atoms with van der Waals surface area (Å²) in [5, 5.41) is -0.220. The van der Waals surface area contributed by atoms with E-state index < -0.39 is 0 Å². The summed E-state index contributed by atoms with van der Waals surface area (Å²) in [4.78, 5) is 3.95. The first-order valence-electron chi connectivity index (χ1n) is 5.57. The molecule has 0 N–H and O–H groups in total. The van der Waals surface area contributed by atoms with Crippen LogP contribution in [0.3, 0.4) is 0 Å². The third-order valence-corrected chi connectivity index (χ3v) is 3.11. The van der Waals surface area contributed by atoms with Crippen molar-refractivity contribution in [3.8, 4) is 5.75 Å². The van der Waals surface area contributed by atoms with Gasteiger partial charge in [0, 0.05) is 12.4 Å². The molecule has 94 valence electrons. The van der Waals surface area contributed by atoms with Crippen LogP contribution in [-0.2, 0) is 6.42 Å². The first-order valence-corrected chi connectivity index (χ1v) is 6.00. The lowest BCUT2D eigenvalue weighted by molar-refractivity contribution is 0.386. The van der Waals surface area contributed by atoms with Crippen molar-refractivity contribution in [3.63, 3.8) is 0 Å². The molecule has 1 atom stereocenters. The lowest BCUT2D eigenvalue weighted by Gasteiger charge is -2.11. The quantitative estimate of drug-likeness (QED) is 0.786. The average Bonchev–Trinajstić information content (AvgIpc) is 2.40. The summed E-state index contributed by atoms with van der Waals surface area (Å²) in [5.41, 5.74) is 1.93. The van der Waals surface area contributed by atoms with Crippen LogP contribution in [0.1, 0.15) is 16.5 Å². The number of aromatic nitrogens is 1. The monoisotopic (exact) mass is 265 g/mol. The Morgan fingerprint density at radius 2 is 2.00 bits per heavy atom. The molecule has 0 radical (unpaired) electrons. The summed E-state index contributed by atoms with van der Waals surface area (Å²) in [7, 11) is 1.44. The normalized spacial score (nSPS) is 12.2.